The van der Waals surface area contributed by atoms with Crippen molar-refractivity contribution in [3.05, 3.63) is 12.2 Å². The number of hydrogen-bond acceptors (Lipinski definition) is 4. The molecule has 6 heteroatoms. The quantitative estimate of drug-likeness (QED) is 0.682. The molecule has 1 fully saturated rings. The standard InChI is InChI=1S/C9H15N5O/c1-14-6-12-8(13-14)5-11-9(15)7-3-2-4-10-7/h6-7,10H,2-5H2,1H3,(H,11,15)/t7-/m1/s1. The van der Waals surface area contributed by atoms with Crippen LogP contribution in [0.5, 0.6) is 0 Å². The molecule has 1 saturated heterocycles. The number of carbonyl (C=O) groups is 1. The molecule has 82 valence electrons. The molecule has 0 bridgehead atoms. The van der Waals surface area contributed by atoms with E-state index in [4.69, 9.17) is 0 Å². The lowest BCUT2D eigenvalue weighted by Crippen LogP contribution is -2.40. The zero-order chi connectivity index (χ0) is 10.7. The van der Waals surface area contributed by atoms with Crippen LogP contribution in [0.2, 0.25) is 0 Å². The van der Waals surface area contributed by atoms with E-state index < -0.39 is 0 Å². The van der Waals surface area contributed by atoms with Crippen molar-refractivity contribution in [3.63, 3.8) is 0 Å². The Morgan fingerprint density at radius 3 is 3.27 bits per heavy atom. The van der Waals surface area contributed by atoms with Crippen LogP contribution in [0.4, 0.5) is 0 Å². The largest absolute Gasteiger partial charge is 0.347 e. The van der Waals surface area contributed by atoms with Gasteiger partial charge in [-0.1, -0.05) is 0 Å². The van der Waals surface area contributed by atoms with Crippen molar-refractivity contribution in [2.75, 3.05) is 6.54 Å². The van der Waals surface area contributed by atoms with Gasteiger partial charge in [0.05, 0.1) is 12.6 Å². The van der Waals surface area contributed by atoms with Gasteiger partial charge in [-0.15, -0.1) is 0 Å². The van der Waals surface area contributed by atoms with Crippen LogP contribution in [0.3, 0.4) is 0 Å². The van der Waals surface area contributed by atoms with Crippen LogP contribution in [-0.2, 0) is 18.4 Å². The maximum absolute atomic E-state index is 11.6. The Hall–Kier alpha value is -1.43. The summed E-state index contributed by atoms with van der Waals surface area (Å²) >= 11 is 0. The molecule has 0 aliphatic carbocycles. The van der Waals surface area contributed by atoms with Gasteiger partial charge in [0.15, 0.2) is 5.82 Å². The van der Waals surface area contributed by atoms with Crippen molar-refractivity contribution in [1.82, 2.24) is 25.4 Å². The van der Waals surface area contributed by atoms with Crippen LogP contribution in [0.25, 0.3) is 0 Å². The third-order valence-corrected chi connectivity index (χ3v) is 2.44. The summed E-state index contributed by atoms with van der Waals surface area (Å²) in [5.41, 5.74) is 0. The van der Waals surface area contributed by atoms with E-state index in [1.165, 1.54) is 0 Å². The molecule has 6 nitrogen and oxygen atoms in total. The van der Waals surface area contributed by atoms with Crippen molar-refractivity contribution in [2.45, 2.75) is 25.4 Å². The van der Waals surface area contributed by atoms with Gasteiger partial charge in [-0.2, -0.15) is 5.10 Å². The molecule has 1 amide bonds. The zero-order valence-corrected chi connectivity index (χ0v) is 8.73. The minimum Gasteiger partial charge on any atom is -0.347 e. The monoisotopic (exact) mass is 209 g/mol. The van der Waals surface area contributed by atoms with E-state index in [0.29, 0.717) is 12.4 Å². The first-order valence-corrected chi connectivity index (χ1v) is 5.11. The number of aryl methyl sites for hydroxylation is 1. The van der Waals surface area contributed by atoms with E-state index in [2.05, 4.69) is 20.7 Å². The van der Waals surface area contributed by atoms with Crippen LogP contribution in [0.1, 0.15) is 18.7 Å². The maximum Gasteiger partial charge on any atom is 0.237 e. The first-order valence-electron chi connectivity index (χ1n) is 5.11. The van der Waals surface area contributed by atoms with Crippen molar-refractivity contribution in [1.29, 1.82) is 0 Å². The van der Waals surface area contributed by atoms with E-state index in [1.807, 2.05) is 0 Å². The number of carbonyl (C=O) groups excluding carboxylic acids is 1. The third kappa shape index (κ3) is 2.53. The molecule has 0 aromatic carbocycles. The van der Waals surface area contributed by atoms with E-state index in [0.717, 1.165) is 19.4 Å². The Kier molecular flexibility index (Phi) is 2.96. The zero-order valence-electron chi connectivity index (χ0n) is 8.73. The third-order valence-electron chi connectivity index (χ3n) is 2.44. The van der Waals surface area contributed by atoms with E-state index >= 15 is 0 Å². The Morgan fingerprint density at radius 2 is 2.67 bits per heavy atom. The topological polar surface area (TPSA) is 71.8 Å². The Bertz CT molecular complexity index is 342. The lowest BCUT2D eigenvalue weighted by molar-refractivity contribution is -0.122. The molecule has 2 heterocycles. The second kappa shape index (κ2) is 4.39. The highest BCUT2D eigenvalue weighted by Crippen LogP contribution is 2.04. The van der Waals surface area contributed by atoms with Gasteiger partial charge in [0.25, 0.3) is 0 Å². The second-order valence-corrected chi connectivity index (χ2v) is 3.70. The lowest BCUT2D eigenvalue weighted by Gasteiger charge is -2.09. The Morgan fingerprint density at radius 1 is 1.80 bits per heavy atom. The van der Waals surface area contributed by atoms with Crippen LogP contribution >= 0.6 is 0 Å². The molecule has 0 radical (unpaired) electrons. The van der Waals surface area contributed by atoms with Crippen molar-refractivity contribution in [3.8, 4) is 0 Å². The number of nitrogens with zero attached hydrogens (tertiary/aromatic N) is 3. The number of hydrogen-bond donors (Lipinski definition) is 2. The van der Waals surface area contributed by atoms with E-state index in [-0.39, 0.29) is 11.9 Å². The molecule has 0 spiro atoms. The highest BCUT2D eigenvalue weighted by molar-refractivity contribution is 5.81. The smallest absolute Gasteiger partial charge is 0.237 e. The molecule has 1 aromatic rings. The van der Waals surface area contributed by atoms with Crippen LogP contribution in [-0.4, -0.2) is 33.3 Å². The van der Waals surface area contributed by atoms with Gasteiger partial charge in [0, 0.05) is 7.05 Å². The molecule has 1 aliphatic rings. The van der Waals surface area contributed by atoms with E-state index in [9.17, 15) is 4.79 Å². The van der Waals surface area contributed by atoms with E-state index in [1.54, 1.807) is 18.1 Å². The van der Waals surface area contributed by atoms with Crippen LogP contribution < -0.4 is 10.6 Å². The first kappa shape index (κ1) is 10.1. The average molecular weight is 209 g/mol. The highest BCUT2D eigenvalue weighted by Gasteiger charge is 2.21. The molecule has 1 aliphatic heterocycles. The van der Waals surface area contributed by atoms with Crippen LogP contribution in [0.15, 0.2) is 6.33 Å². The minimum absolute atomic E-state index is 0.0336. The SMILES string of the molecule is Cn1cnc(CNC(=O)[C@H]2CCCN2)n1. The molecule has 0 unspecified atom stereocenters. The number of rotatable bonds is 3. The number of aromatic nitrogens is 3. The summed E-state index contributed by atoms with van der Waals surface area (Å²) < 4.78 is 1.62. The average Bonchev–Trinajstić information content (AvgIpc) is 2.84. The molecule has 2 rings (SSSR count). The summed E-state index contributed by atoms with van der Waals surface area (Å²) in [7, 11) is 1.80. The van der Waals surface area contributed by atoms with Gasteiger partial charge in [0.2, 0.25) is 5.91 Å². The predicted molar refractivity (Wildman–Crippen MR) is 53.9 cm³/mol. The Balaban J connectivity index is 1.80. The van der Waals surface area contributed by atoms with Gasteiger partial charge in [-0.05, 0) is 19.4 Å². The first-order chi connectivity index (χ1) is 7.25. The summed E-state index contributed by atoms with van der Waals surface area (Å²) in [5.74, 6) is 0.684. The summed E-state index contributed by atoms with van der Waals surface area (Å²) in [6.45, 7) is 1.33. The summed E-state index contributed by atoms with van der Waals surface area (Å²) in [5, 5.41) is 10.0. The molecular weight excluding hydrogens is 194 g/mol. The fourth-order valence-electron chi connectivity index (χ4n) is 1.66. The molecule has 0 saturated carbocycles. The summed E-state index contributed by atoms with van der Waals surface area (Å²) in [6, 6.07) is -0.0336. The minimum atomic E-state index is -0.0336. The Labute approximate surface area is 88.1 Å². The highest BCUT2D eigenvalue weighted by atomic mass is 16.2. The fourth-order valence-corrected chi connectivity index (χ4v) is 1.66. The molecule has 15 heavy (non-hydrogen) atoms. The number of amides is 1. The van der Waals surface area contributed by atoms with Gasteiger partial charge in [-0.25, -0.2) is 4.98 Å². The van der Waals surface area contributed by atoms with Gasteiger partial charge >= 0.3 is 0 Å². The van der Waals surface area contributed by atoms with Gasteiger partial charge in [-0.3, -0.25) is 9.48 Å². The van der Waals surface area contributed by atoms with Crippen molar-refractivity contribution < 1.29 is 4.79 Å². The molecule has 2 N–H and O–H groups in total. The molecule has 1 atom stereocenters. The predicted octanol–water partition coefficient (Wildman–Crippen LogP) is -0.817. The lowest BCUT2D eigenvalue weighted by atomic mass is 10.2. The normalized spacial score (nSPS) is 20.5. The fraction of sp³-hybridized carbons (Fsp3) is 0.667. The molecule has 1 aromatic heterocycles. The number of nitrogens with one attached hydrogen (secondary N) is 2. The summed E-state index contributed by atoms with van der Waals surface area (Å²) in [4.78, 5) is 15.6. The van der Waals surface area contributed by atoms with Crippen LogP contribution in [0, 0.1) is 0 Å². The van der Waals surface area contributed by atoms with Gasteiger partial charge in [0.1, 0.15) is 6.33 Å². The van der Waals surface area contributed by atoms with Crippen molar-refractivity contribution >= 4 is 5.91 Å². The maximum atomic E-state index is 11.6. The second-order valence-electron chi connectivity index (χ2n) is 3.70. The molecular formula is C9H15N5O. The van der Waals surface area contributed by atoms with Gasteiger partial charge < -0.3 is 10.6 Å². The summed E-state index contributed by atoms with van der Waals surface area (Å²) in [6.07, 6.45) is 3.61. The van der Waals surface area contributed by atoms with Crippen molar-refractivity contribution in [2.24, 2.45) is 7.05 Å².